The van der Waals surface area contributed by atoms with Gasteiger partial charge >= 0.3 is 0 Å². The summed E-state index contributed by atoms with van der Waals surface area (Å²) in [4.78, 5) is 10.7. The van der Waals surface area contributed by atoms with Crippen LogP contribution >= 0.6 is 0 Å². The van der Waals surface area contributed by atoms with Gasteiger partial charge in [-0.05, 0) is 20.0 Å². The molecule has 0 heterocycles. The minimum atomic E-state index is -0.0903. The lowest BCUT2D eigenvalue weighted by atomic mass is 10.3. The van der Waals surface area contributed by atoms with Crippen molar-refractivity contribution in [1.82, 2.24) is 5.32 Å². The lowest BCUT2D eigenvalue weighted by Gasteiger charge is -1.95. The third kappa shape index (κ3) is 2.69. The van der Waals surface area contributed by atoms with E-state index in [1.807, 2.05) is 6.92 Å². The van der Waals surface area contributed by atoms with Crippen LogP contribution in [0.4, 0.5) is 0 Å². The maximum Gasteiger partial charge on any atom is 0.250 e. The second-order valence-corrected chi connectivity index (χ2v) is 1.65. The fourth-order valence-corrected chi connectivity index (χ4v) is 0.338. The van der Waals surface area contributed by atoms with E-state index in [1.165, 1.54) is 6.20 Å². The second kappa shape index (κ2) is 3.89. The zero-order valence-electron chi connectivity index (χ0n) is 5.77. The molecular weight excluding hydrogens is 114 g/mol. The Hall–Kier alpha value is -1.05. The van der Waals surface area contributed by atoms with E-state index in [2.05, 4.69) is 11.9 Å². The summed E-state index contributed by atoms with van der Waals surface area (Å²) in [5.41, 5.74) is 0.704. The van der Waals surface area contributed by atoms with Gasteiger partial charge in [-0.3, -0.25) is 4.79 Å². The fraction of sp³-hybridized carbons (Fsp3) is 0.286. The van der Waals surface area contributed by atoms with Crippen LogP contribution in [0.1, 0.15) is 13.8 Å². The molecule has 0 aromatic heterocycles. The van der Waals surface area contributed by atoms with Gasteiger partial charge in [0.2, 0.25) is 5.91 Å². The molecule has 0 aliphatic carbocycles. The van der Waals surface area contributed by atoms with E-state index in [1.54, 1.807) is 13.0 Å². The Morgan fingerprint density at radius 3 is 2.56 bits per heavy atom. The first-order valence-corrected chi connectivity index (χ1v) is 2.77. The summed E-state index contributed by atoms with van der Waals surface area (Å²) >= 11 is 0. The molecule has 2 heteroatoms. The van der Waals surface area contributed by atoms with Crippen molar-refractivity contribution in [3.63, 3.8) is 0 Å². The number of hydrogen-bond acceptors (Lipinski definition) is 1. The summed E-state index contributed by atoms with van der Waals surface area (Å²) in [6.45, 7) is 6.92. The number of carbonyl (C=O) groups excluding carboxylic acids is 1. The van der Waals surface area contributed by atoms with E-state index in [0.29, 0.717) is 5.57 Å². The monoisotopic (exact) mass is 125 g/mol. The maximum atomic E-state index is 10.7. The summed E-state index contributed by atoms with van der Waals surface area (Å²) in [7, 11) is 0. The first-order valence-electron chi connectivity index (χ1n) is 2.77. The standard InChI is InChI=1S/C7H11NO/c1-4-6(3)7(9)8-5-2/h4-5H,2H2,1,3H3,(H,8,9)/b6-4-. The number of rotatable bonds is 2. The predicted molar refractivity (Wildman–Crippen MR) is 37.8 cm³/mol. The highest BCUT2D eigenvalue weighted by atomic mass is 16.1. The van der Waals surface area contributed by atoms with Crippen LogP contribution in [-0.4, -0.2) is 5.91 Å². The molecule has 0 fully saturated rings. The highest BCUT2D eigenvalue weighted by molar-refractivity contribution is 5.93. The number of hydrogen-bond donors (Lipinski definition) is 1. The molecule has 2 nitrogen and oxygen atoms in total. The molecular formula is C7H11NO. The van der Waals surface area contributed by atoms with Gasteiger partial charge in [-0.15, -0.1) is 0 Å². The molecule has 0 spiro atoms. The van der Waals surface area contributed by atoms with E-state index >= 15 is 0 Å². The Morgan fingerprint density at radius 2 is 2.22 bits per heavy atom. The Kier molecular flexibility index (Phi) is 3.44. The number of nitrogens with one attached hydrogen (secondary N) is 1. The van der Waals surface area contributed by atoms with E-state index in [4.69, 9.17) is 0 Å². The molecule has 0 aliphatic heterocycles. The van der Waals surface area contributed by atoms with E-state index < -0.39 is 0 Å². The van der Waals surface area contributed by atoms with Gasteiger partial charge in [-0.1, -0.05) is 12.7 Å². The van der Waals surface area contributed by atoms with Crippen LogP contribution < -0.4 is 5.32 Å². The van der Waals surface area contributed by atoms with Gasteiger partial charge in [-0.25, -0.2) is 0 Å². The number of amides is 1. The zero-order valence-corrected chi connectivity index (χ0v) is 5.77. The van der Waals surface area contributed by atoms with Crippen LogP contribution in [0.2, 0.25) is 0 Å². The molecule has 0 rings (SSSR count). The van der Waals surface area contributed by atoms with Crippen molar-refractivity contribution >= 4 is 5.91 Å². The first kappa shape index (κ1) is 7.95. The van der Waals surface area contributed by atoms with Gasteiger partial charge in [0.15, 0.2) is 0 Å². The summed E-state index contributed by atoms with van der Waals surface area (Å²) in [6.07, 6.45) is 3.12. The molecule has 0 saturated carbocycles. The summed E-state index contributed by atoms with van der Waals surface area (Å²) in [5.74, 6) is -0.0903. The predicted octanol–water partition coefficient (Wildman–Crippen LogP) is 1.21. The Labute approximate surface area is 55.3 Å². The van der Waals surface area contributed by atoms with E-state index in [9.17, 15) is 4.79 Å². The van der Waals surface area contributed by atoms with Crippen LogP contribution in [0.15, 0.2) is 24.4 Å². The van der Waals surface area contributed by atoms with Crippen LogP contribution in [-0.2, 0) is 4.79 Å². The molecule has 0 unspecified atom stereocenters. The Balaban J connectivity index is 3.88. The van der Waals surface area contributed by atoms with Crippen molar-refractivity contribution in [3.05, 3.63) is 24.4 Å². The summed E-state index contributed by atoms with van der Waals surface area (Å²) in [6, 6.07) is 0. The molecule has 0 aromatic carbocycles. The minimum Gasteiger partial charge on any atom is -0.329 e. The molecule has 0 saturated heterocycles. The van der Waals surface area contributed by atoms with Crippen LogP contribution in [0, 0.1) is 0 Å². The smallest absolute Gasteiger partial charge is 0.250 e. The highest BCUT2D eigenvalue weighted by Crippen LogP contribution is 1.89. The topological polar surface area (TPSA) is 29.1 Å². The summed E-state index contributed by atoms with van der Waals surface area (Å²) in [5, 5.41) is 2.45. The molecule has 0 aromatic rings. The van der Waals surface area contributed by atoms with Crippen molar-refractivity contribution in [2.24, 2.45) is 0 Å². The second-order valence-electron chi connectivity index (χ2n) is 1.65. The quantitative estimate of drug-likeness (QED) is 0.552. The van der Waals surface area contributed by atoms with Crippen molar-refractivity contribution in [3.8, 4) is 0 Å². The average molecular weight is 125 g/mol. The van der Waals surface area contributed by atoms with Crippen LogP contribution in [0.5, 0.6) is 0 Å². The van der Waals surface area contributed by atoms with Crippen molar-refractivity contribution < 1.29 is 4.79 Å². The third-order valence-corrected chi connectivity index (χ3v) is 1.02. The van der Waals surface area contributed by atoms with E-state index in [0.717, 1.165) is 0 Å². The molecule has 1 amide bonds. The SMILES string of the molecule is C=CNC(=O)/C(C)=C\C. The normalized spacial score (nSPS) is 10.7. The largest absolute Gasteiger partial charge is 0.329 e. The highest BCUT2D eigenvalue weighted by Gasteiger charge is 1.96. The van der Waals surface area contributed by atoms with Crippen LogP contribution in [0.3, 0.4) is 0 Å². The molecule has 50 valence electrons. The number of carbonyl (C=O) groups is 1. The van der Waals surface area contributed by atoms with Crippen molar-refractivity contribution in [2.75, 3.05) is 0 Å². The van der Waals surface area contributed by atoms with Gasteiger partial charge in [0.25, 0.3) is 0 Å². The molecule has 0 aliphatic rings. The van der Waals surface area contributed by atoms with Gasteiger partial charge in [0, 0.05) is 5.57 Å². The Morgan fingerprint density at radius 1 is 1.67 bits per heavy atom. The summed E-state index contributed by atoms with van der Waals surface area (Å²) < 4.78 is 0. The minimum absolute atomic E-state index is 0.0903. The maximum absolute atomic E-state index is 10.7. The lowest BCUT2D eigenvalue weighted by Crippen LogP contribution is -2.16. The molecule has 0 atom stereocenters. The van der Waals surface area contributed by atoms with E-state index in [-0.39, 0.29) is 5.91 Å². The first-order chi connectivity index (χ1) is 4.22. The fourth-order valence-electron chi connectivity index (χ4n) is 0.338. The average Bonchev–Trinajstić information content (AvgIpc) is 1.87. The molecule has 9 heavy (non-hydrogen) atoms. The molecule has 0 radical (unpaired) electrons. The van der Waals surface area contributed by atoms with Gasteiger partial charge in [-0.2, -0.15) is 0 Å². The van der Waals surface area contributed by atoms with Crippen LogP contribution in [0.25, 0.3) is 0 Å². The van der Waals surface area contributed by atoms with Gasteiger partial charge in [0.05, 0.1) is 0 Å². The Bertz CT molecular complexity index is 147. The third-order valence-electron chi connectivity index (χ3n) is 1.02. The van der Waals surface area contributed by atoms with Crippen molar-refractivity contribution in [1.29, 1.82) is 0 Å². The molecule has 0 bridgehead atoms. The zero-order chi connectivity index (χ0) is 7.28. The van der Waals surface area contributed by atoms with Crippen molar-refractivity contribution in [2.45, 2.75) is 13.8 Å². The molecule has 1 N–H and O–H groups in total. The van der Waals surface area contributed by atoms with Gasteiger partial charge < -0.3 is 5.32 Å². The van der Waals surface area contributed by atoms with Gasteiger partial charge in [0.1, 0.15) is 0 Å². The number of allylic oxidation sites excluding steroid dienone is 1. The lowest BCUT2D eigenvalue weighted by molar-refractivity contribution is -0.116.